The maximum absolute atomic E-state index is 2.54. The molecule has 8 aliphatic rings. The van der Waals surface area contributed by atoms with Crippen LogP contribution in [0.1, 0.15) is 86.8 Å². The van der Waals surface area contributed by atoms with Crippen molar-refractivity contribution in [3.8, 4) is 48.8 Å². The molecule has 0 N–H and O–H groups in total. The van der Waals surface area contributed by atoms with E-state index in [0.29, 0.717) is 10.8 Å². The Morgan fingerprint density at radius 1 is 0.333 bits per heavy atom. The third-order valence-corrected chi connectivity index (χ3v) is 23.4. The summed E-state index contributed by atoms with van der Waals surface area (Å²) in [6.45, 7) is 0. The first-order valence-corrected chi connectivity index (χ1v) is 24.5. The van der Waals surface area contributed by atoms with Crippen molar-refractivity contribution in [2.45, 2.75) is 87.9 Å². The number of rotatable bonds is 7. The average Bonchev–Trinajstić information content (AvgIpc) is 3.97. The van der Waals surface area contributed by atoms with Crippen LogP contribution in [-0.4, -0.2) is 0 Å². The number of thiophene rings is 6. The molecule has 0 aromatic carbocycles. The molecule has 0 radical (unpaired) electrons. The normalized spacial score (nSPS) is 36.7. The molecule has 0 nitrogen and oxygen atoms in total. The van der Waals surface area contributed by atoms with Crippen LogP contribution < -0.4 is 0 Å². The van der Waals surface area contributed by atoms with Gasteiger partial charge in [0.2, 0.25) is 0 Å². The Morgan fingerprint density at radius 3 is 1.20 bits per heavy atom. The predicted octanol–water partition coefficient (Wildman–Crippen LogP) is 15.3. The van der Waals surface area contributed by atoms with Gasteiger partial charge in [0.1, 0.15) is 0 Å². The van der Waals surface area contributed by atoms with Gasteiger partial charge in [-0.25, -0.2) is 0 Å². The van der Waals surface area contributed by atoms with Crippen LogP contribution in [0, 0.1) is 40.9 Å². The summed E-state index contributed by atoms with van der Waals surface area (Å²) in [5.74, 6) is 6.15. The second-order valence-electron chi connectivity index (χ2n) is 18.2. The maximum Gasteiger partial charge on any atom is 0.0449 e. The first kappa shape index (κ1) is 30.5. The van der Waals surface area contributed by atoms with Crippen LogP contribution in [0.3, 0.4) is 0 Å². The van der Waals surface area contributed by atoms with Crippen molar-refractivity contribution in [3.63, 3.8) is 0 Å². The molecule has 6 aromatic rings. The molecule has 8 aliphatic carbocycles. The van der Waals surface area contributed by atoms with Crippen molar-refractivity contribution in [1.82, 2.24) is 0 Å². The lowest BCUT2D eigenvalue weighted by molar-refractivity contribution is -0.00346. The molecule has 1 spiro atoms. The van der Waals surface area contributed by atoms with Gasteiger partial charge in [-0.3, -0.25) is 0 Å². The van der Waals surface area contributed by atoms with Gasteiger partial charge in [0.25, 0.3) is 0 Å². The number of hydrogen-bond donors (Lipinski definition) is 0. The van der Waals surface area contributed by atoms with Crippen LogP contribution in [0.5, 0.6) is 0 Å². The summed E-state index contributed by atoms with van der Waals surface area (Å²) in [7, 11) is 0. The Morgan fingerprint density at radius 2 is 0.725 bits per heavy atom. The predicted molar refractivity (Wildman–Crippen MR) is 223 cm³/mol. The van der Waals surface area contributed by atoms with Crippen LogP contribution >= 0.6 is 68.0 Å². The summed E-state index contributed by atoms with van der Waals surface area (Å²) in [4.78, 5) is 17.7. The minimum absolute atomic E-state index is 0.506. The summed E-state index contributed by atoms with van der Waals surface area (Å²) < 4.78 is 0. The number of hydrogen-bond acceptors (Lipinski definition) is 6. The van der Waals surface area contributed by atoms with Gasteiger partial charge in [-0.05, 0) is 191 Å². The first-order chi connectivity index (χ1) is 25.0. The summed E-state index contributed by atoms with van der Waals surface area (Å²) in [5, 5.41) is 0. The van der Waals surface area contributed by atoms with Gasteiger partial charge < -0.3 is 0 Å². The molecule has 0 amide bonds. The lowest BCUT2D eigenvalue weighted by Gasteiger charge is -2.56. The Labute approximate surface area is 325 Å². The van der Waals surface area contributed by atoms with Crippen molar-refractivity contribution in [3.05, 3.63) is 82.6 Å². The van der Waals surface area contributed by atoms with E-state index in [2.05, 4.69) is 95.5 Å². The summed E-state index contributed by atoms with van der Waals surface area (Å²) in [5.41, 5.74) is 1.78. The standard InChI is InChI=1S/C45H42S6/c1-3-33(35-5-7-37(48-35)39-9-11-41(50-39)43-18-25-13-26(19-43)15-27(14-25)20-43)46-31(1)32-2-4-34(47-32)36-6-8-38(49-36)40-10-12-42(51-40)44-21-28-16-29-17-30(23-44)45(29,22-28)24-44/h1-12,25-30H,13-24H2/t25?,26?,27?,28-,29?,30?,43?,44-,45?/m1/s1. The van der Waals surface area contributed by atoms with Gasteiger partial charge in [0.05, 0.1) is 0 Å². The van der Waals surface area contributed by atoms with E-state index in [9.17, 15) is 0 Å². The third-order valence-electron chi connectivity index (χ3n) is 15.4. The highest BCUT2D eigenvalue weighted by atomic mass is 32.1. The molecule has 3 unspecified atom stereocenters. The molecule has 0 saturated heterocycles. The summed E-state index contributed by atoms with van der Waals surface area (Å²) >= 11 is 12.1. The Bertz CT molecular complexity index is 2290. The van der Waals surface area contributed by atoms with Gasteiger partial charge in [0.15, 0.2) is 0 Å². The topological polar surface area (TPSA) is 0 Å². The molecule has 6 aromatic heterocycles. The van der Waals surface area contributed by atoms with E-state index in [1.807, 2.05) is 45.3 Å². The van der Waals surface area contributed by atoms with Crippen molar-refractivity contribution < 1.29 is 0 Å². The lowest BCUT2D eigenvalue weighted by atomic mass is 9.49. The van der Waals surface area contributed by atoms with Crippen LogP contribution in [0.2, 0.25) is 0 Å². The zero-order chi connectivity index (χ0) is 33.1. The first-order valence-electron chi connectivity index (χ1n) is 19.6. The Kier molecular flexibility index (Phi) is 6.40. The fourth-order valence-electron chi connectivity index (χ4n) is 14.0. The molecule has 6 heterocycles. The molecule has 14 rings (SSSR count). The highest BCUT2D eigenvalue weighted by molar-refractivity contribution is 7.30. The van der Waals surface area contributed by atoms with Crippen LogP contribution in [-0.2, 0) is 10.8 Å². The highest BCUT2D eigenvalue weighted by Crippen LogP contribution is 2.79. The molecule has 0 aliphatic heterocycles. The zero-order valence-electron chi connectivity index (χ0n) is 28.8. The fraction of sp³-hybridized carbons (Fsp3) is 0.467. The molecule has 258 valence electrons. The highest BCUT2D eigenvalue weighted by Gasteiger charge is 2.71. The van der Waals surface area contributed by atoms with Crippen LogP contribution in [0.15, 0.2) is 72.8 Å². The molecule has 7 bridgehead atoms. The maximum atomic E-state index is 2.54. The van der Waals surface area contributed by atoms with E-state index in [0.717, 1.165) is 40.9 Å². The summed E-state index contributed by atoms with van der Waals surface area (Å²) in [6.07, 6.45) is 18.1. The van der Waals surface area contributed by atoms with Crippen molar-refractivity contribution in [1.29, 1.82) is 0 Å². The SMILES string of the molecule is c1cc(-c2ccc(-c3ccc(C45CC6CC(CC(C6)C4)C5)s3)s2)sc1-c1ccc(-c2ccc(-c3ccc([C@]45CC6CC7C[C@@H](CC76C4)C5)s3)s2)s1. The second-order valence-corrected chi connectivity index (χ2v) is 24.7. The van der Waals surface area contributed by atoms with Crippen LogP contribution in [0.25, 0.3) is 48.8 Å². The smallest absolute Gasteiger partial charge is 0.0449 e. The molecule has 5 atom stereocenters. The van der Waals surface area contributed by atoms with E-state index in [1.165, 1.54) is 107 Å². The fourth-order valence-corrected chi connectivity index (χ4v) is 20.9. The largest absolute Gasteiger partial charge is 0.139 e. The van der Waals surface area contributed by atoms with Crippen LogP contribution in [0.4, 0.5) is 0 Å². The van der Waals surface area contributed by atoms with E-state index >= 15 is 0 Å². The Balaban J connectivity index is 0.720. The molecule has 8 saturated carbocycles. The third kappa shape index (κ3) is 4.44. The zero-order valence-corrected chi connectivity index (χ0v) is 33.7. The number of fused-ring (bicyclic) bond motifs is 2. The van der Waals surface area contributed by atoms with Gasteiger partial charge in [-0.2, -0.15) is 0 Å². The second kappa shape index (κ2) is 10.7. The molecular weight excluding hydrogens is 733 g/mol. The van der Waals surface area contributed by atoms with E-state index in [-0.39, 0.29) is 0 Å². The van der Waals surface area contributed by atoms with E-state index in [4.69, 9.17) is 0 Å². The molecule has 6 heteroatoms. The van der Waals surface area contributed by atoms with E-state index < -0.39 is 0 Å². The summed E-state index contributed by atoms with van der Waals surface area (Å²) in [6, 6.07) is 28.9. The molecule has 8 fully saturated rings. The minimum atomic E-state index is 0.506. The van der Waals surface area contributed by atoms with Crippen molar-refractivity contribution in [2.75, 3.05) is 0 Å². The van der Waals surface area contributed by atoms with Crippen molar-refractivity contribution >= 4 is 68.0 Å². The minimum Gasteiger partial charge on any atom is -0.139 e. The van der Waals surface area contributed by atoms with Crippen molar-refractivity contribution in [2.24, 2.45) is 40.9 Å². The average molecular weight is 775 g/mol. The Hall–Kier alpha value is -1.80. The van der Waals surface area contributed by atoms with Gasteiger partial charge in [-0.15, -0.1) is 68.0 Å². The van der Waals surface area contributed by atoms with Gasteiger partial charge >= 0.3 is 0 Å². The van der Waals surface area contributed by atoms with Gasteiger partial charge in [0, 0.05) is 69.4 Å². The molecule has 51 heavy (non-hydrogen) atoms. The lowest BCUT2D eigenvalue weighted by Crippen LogP contribution is -2.48. The quantitative estimate of drug-likeness (QED) is 0.152. The van der Waals surface area contributed by atoms with E-state index in [1.54, 1.807) is 29.0 Å². The monoisotopic (exact) mass is 774 g/mol. The van der Waals surface area contributed by atoms with Gasteiger partial charge in [-0.1, -0.05) is 0 Å². The molecular formula is C45H42S6.